The molecule has 3 aliphatic rings. The molecule has 0 aromatic heterocycles. The molecule has 1 aliphatic carbocycles. The van der Waals surface area contributed by atoms with Crippen molar-refractivity contribution < 1.29 is 9.47 Å². The van der Waals surface area contributed by atoms with Crippen molar-refractivity contribution in [3.8, 4) is 34.1 Å². The Kier molecular flexibility index (Phi) is 6.59. The summed E-state index contributed by atoms with van der Waals surface area (Å²) in [4.78, 5) is 2.43. The van der Waals surface area contributed by atoms with Crippen molar-refractivity contribution in [1.82, 2.24) is 0 Å². The van der Waals surface area contributed by atoms with E-state index in [1.807, 2.05) is 0 Å². The third kappa shape index (κ3) is 4.49. The smallest absolute Gasteiger partial charge is 0.262 e. The largest absolute Gasteiger partial charge is 0.458 e. The van der Waals surface area contributed by atoms with E-state index in [1.54, 1.807) is 0 Å². The highest BCUT2D eigenvalue weighted by Crippen LogP contribution is 2.59. The highest BCUT2D eigenvalue weighted by atomic mass is 16.5. The highest BCUT2D eigenvalue weighted by Gasteiger charge is 2.49. The van der Waals surface area contributed by atoms with Crippen molar-refractivity contribution in [2.45, 2.75) is 19.3 Å². The van der Waals surface area contributed by atoms with Gasteiger partial charge in [0, 0.05) is 33.2 Å². The Morgan fingerprint density at radius 1 is 0.441 bits per heavy atom. The zero-order valence-electron chi connectivity index (χ0n) is 32.7. The fourth-order valence-electron chi connectivity index (χ4n) is 10.7. The molecule has 0 amide bonds. The highest BCUT2D eigenvalue weighted by molar-refractivity contribution is 7.01. The molecule has 2 heterocycles. The van der Waals surface area contributed by atoms with Crippen LogP contribution in [0.3, 0.4) is 0 Å². The number of hydrogen-bond acceptors (Lipinski definition) is 3. The van der Waals surface area contributed by atoms with Crippen LogP contribution in [0.4, 0.5) is 17.1 Å². The molecule has 0 saturated carbocycles. The van der Waals surface area contributed by atoms with E-state index in [0.29, 0.717) is 0 Å². The minimum absolute atomic E-state index is 0.0803. The van der Waals surface area contributed by atoms with Gasteiger partial charge in [-0.05, 0) is 114 Å². The summed E-state index contributed by atoms with van der Waals surface area (Å²) in [5.41, 5.74) is 11.4. The normalized spacial score (nSPS) is 14.0. The standard InChI is InChI=1S/C55H36BNO2/c1-55(2)44-32-45(57(37-18-4-3-5-19-37)38-27-24-33-14-6-7-17-36(33)30-38)41-22-12-13-23-42(41)49(44)43-31-48-53-54(50(43)55)59-47-29-26-35-16-9-11-21-40(35)52(47)56(53)51-39-20-10-8-15-34(39)25-28-46(51)58-48/h3-32H,1-2H3. The summed E-state index contributed by atoms with van der Waals surface area (Å²) in [6, 6.07) is 66.1. The molecule has 276 valence electrons. The lowest BCUT2D eigenvalue weighted by molar-refractivity contribution is 0.454. The van der Waals surface area contributed by atoms with Gasteiger partial charge in [0.2, 0.25) is 0 Å². The summed E-state index contributed by atoms with van der Waals surface area (Å²) in [5, 5.41) is 9.66. The van der Waals surface area contributed by atoms with Crippen LogP contribution >= 0.6 is 0 Å². The van der Waals surface area contributed by atoms with Gasteiger partial charge in [-0.2, -0.15) is 0 Å². The van der Waals surface area contributed by atoms with Crippen molar-refractivity contribution in [2.24, 2.45) is 0 Å². The fraction of sp³-hybridized carbons (Fsp3) is 0.0545. The molecule has 0 saturated heterocycles. The van der Waals surface area contributed by atoms with Gasteiger partial charge in [0.15, 0.2) is 0 Å². The second-order valence-corrected chi connectivity index (χ2v) is 16.8. The second kappa shape index (κ2) is 11.9. The molecule has 2 aliphatic heterocycles. The van der Waals surface area contributed by atoms with Crippen molar-refractivity contribution in [3.63, 3.8) is 0 Å². The summed E-state index contributed by atoms with van der Waals surface area (Å²) in [6.45, 7) is 4.68. The number of ether oxygens (including phenoxy) is 2. The van der Waals surface area contributed by atoms with Gasteiger partial charge < -0.3 is 14.4 Å². The van der Waals surface area contributed by atoms with Crippen molar-refractivity contribution >= 4 is 83.3 Å². The van der Waals surface area contributed by atoms with Crippen LogP contribution in [0.2, 0.25) is 0 Å². The first-order valence-corrected chi connectivity index (χ1v) is 20.5. The van der Waals surface area contributed by atoms with E-state index < -0.39 is 5.41 Å². The lowest BCUT2D eigenvalue weighted by atomic mass is 9.33. The molecule has 0 unspecified atom stereocenters. The third-order valence-electron chi connectivity index (χ3n) is 13.3. The Morgan fingerprint density at radius 2 is 1.02 bits per heavy atom. The van der Waals surface area contributed by atoms with Gasteiger partial charge in [0.1, 0.15) is 23.0 Å². The van der Waals surface area contributed by atoms with Crippen LogP contribution in [0.15, 0.2) is 182 Å². The lowest BCUT2D eigenvalue weighted by Crippen LogP contribution is -2.58. The molecule has 13 rings (SSSR count). The van der Waals surface area contributed by atoms with Gasteiger partial charge in [-0.15, -0.1) is 0 Å². The Bertz CT molecular complexity index is 3400. The van der Waals surface area contributed by atoms with Crippen molar-refractivity contribution in [1.29, 1.82) is 0 Å². The molecule has 0 atom stereocenters. The molecule has 0 bridgehead atoms. The number of para-hydroxylation sites is 1. The Labute approximate surface area is 342 Å². The first-order valence-electron chi connectivity index (χ1n) is 20.5. The molecule has 4 heteroatoms. The predicted octanol–water partition coefficient (Wildman–Crippen LogP) is 12.8. The van der Waals surface area contributed by atoms with Crippen molar-refractivity contribution in [3.05, 3.63) is 193 Å². The van der Waals surface area contributed by atoms with Crippen LogP contribution in [0.5, 0.6) is 23.0 Å². The SMILES string of the molecule is CC1(C)c2cc(N(c3ccccc3)c3ccc4ccccc4c3)c3ccccc3c2-c2cc3c4c(c21)Oc1ccc2ccccc2c1B4c1c(ccc2ccccc12)O3. The first-order chi connectivity index (χ1) is 29.0. The van der Waals surface area contributed by atoms with E-state index in [4.69, 9.17) is 9.47 Å². The monoisotopic (exact) mass is 753 g/mol. The lowest BCUT2D eigenvalue weighted by Gasteiger charge is -2.37. The molecule has 10 aromatic rings. The maximum absolute atomic E-state index is 7.35. The van der Waals surface area contributed by atoms with Crippen LogP contribution in [-0.4, -0.2) is 6.71 Å². The second-order valence-electron chi connectivity index (χ2n) is 16.8. The maximum Gasteiger partial charge on any atom is 0.262 e. The van der Waals surface area contributed by atoms with Crippen LogP contribution in [0, 0.1) is 0 Å². The van der Waals surface area contributed by atoms with E-state index in [9.17, 15) is 0 Å². The van der Waals surface area contributed by atoms with Gasteiger partial charge in [-0.25, -0.2) is 0 Å². The number of nitrogens with zero attached hydrogens (tertiary/aromatic N) is 1. The molecular formula is C55H36BNO2. The first kappa shape index (κ1) is 32.8. The number of anilines is 3. The van der Waals surface area contributed by atoms with E-state index in [0.717, 1.165) is 45.5 Å². The van der Waals surface area contributed by atoms with Crippen LogP contribution < -0.4 is 30.8 Å². The van der Waals surface area contributed by atoms with Gasteiger partial charge in [0.25, 0.3) is 6.71 Å². The van der Waals surface area contributed by atoms with Gasteiger partial charge in [0.05, 0.1) is 5.69 Å². The van der Waals surface area contributed by atoms with Crippen LogP contribution in [0.25, 0.3) is 54.2 Å². The van der Waals surface area contributed by atoms with Crippen molar-refractivity contribution in [2.75, 3.05) is 4.90 Å². The average Bonchev–Trinajstić information content (AvgIpc) is 3.51. The molecule has 0 fully saturated rings. The van der Waals surface area contributed by atoms with Gasteiger partial charge >= 0.3 is 0 Å². The van der Waals surface area contributed by atoms with E-state index in [1.165, 1.54) is 76.3 Å². The fourth-order valence-corrected chi connectivity index (χ4v) is 10.7. The Hall–Kier alpha value is -7.30. The summed E-state index contributed by atoms with van der Waals surface area (Å²) >= 11 is 0. The molecule has 59 heavy (non-hydrogen) atoms. The minimum Gasteiger partial charge on any atom is -0.458 e. The summed E-state index contributed by atoms with van der Waals surface area (Å²) in [6.07, 6.45) is 0. The van der Waals surface area contributed by atoms with Crippen LogP contribution in [-0.2, 0) is 5.41 Å². The quantitative estimate of drug-likeness (QED) is 0.168. The Balaban J connectivity index is 1.10. The minimum atomic E-state index is -0.419. The Morgan fingerprint density at radius 3 is 1.73 bits per heavy atom. The number of fused-ring (bicyclic) bond motifs is 15. The van der Waals surface area contributed by atoms with Crippen LogP contribution in [0.1, 0.15) is 25.0 Å². The molecule has 0 N–H and O–H groups in total. The zero-order chi connectivity index (χ0) is 39.0. The molecule has 0 radical (unpaired) electrons. The molecule has 10 aromatic carbocycles. The predicted molar refractivity (Wildman–Crippen MR) is 246 cm³/mol. The number of hydrogen-bond donors (Lipinski definition) is 0. The van der Waals surface area contributed by atoms with E-state index in [-0.39, 0.29) is 6.71 Å². The maximum atomic E-state index is 7.35. The average molecular weight is 754 g/mol. The summed E-state index contributed by atoms with van der Waals surface area (Å²) < 4.78 is 14.5. The topological polar surface area (TPSA) is 21.7 Å². The number of rotatable bonds is 3. The molecule has 0 spiro atoms. The van der Waals surface area contributed by atoms with Gasteiger partial charge in [-0.1, -0.05) is 147 Å². The third-order valence-corrected chi connectivity index (χ3v) is 13.3. The summed E-state index contributed by atoms with van der Waals surface area (Å²) in [5.74, 6) is 3.60. The molecular weight excluding hydrogens is 717 g/mol. The van der Waals surface area contributed by atoms with E-state index >= 15 is 0 Å². The summed E-state index contributed by atoms with van der Waals surface area (Å²) in [7, 11) is 0. The zero-order valence-corrected chi connectivity index (χ0v) is 32.7. The van der Waals surface area contributed by atoms with E-state index in [2.05, 4.69) is 201 Å². The number of benzene rings is 10. The van der Waals surface area contributed by atoms with Gasteiger partial charge in [-0.3, -0.25) is 0 Å². The molecule has 3 nitrogen and oxygen atoms in total.